The molecule has 1 aliphatic carbocycles. The lowest BCUT2D eigenvalue weighted by atomic mass is 10.1. The molecule has 0 unspecified atom stereocenters. The predicted molar refractivity (Wildman–Crippen MR) is 71.7 cm³/mol. The number of benzene rings is 1. The van der Waals surface area contributed by atoms with Crippen molar-refractivity contribution in [2.75, 3.05) is 6.54 Å². The molecule has 2 rings (SSSR count). The van der Waals surface area contributed by atoms with Crippen LogP contribution in [0.4, 0.5) is 0 Å². The van der Waals surface area contributed by atoms with Gasteiger partial charge in [-0.2, -0.15) is 0 Å². The summed E-state index contributed by atoms with van der Waals surface area (Å²) in [5.41, 5.74) is 1.12. The molecule has 17 heavy (non-hydrogen) atoms. The first-order valence-electron chi connectivity index (χ1n) is 5.93. The van der Waals surface area contributed by atoms with E-state index >= 15 is 0 Å². The van der Waals surface area contributed by atoms with Gasteiger partial charge in [0.1, 0.15) is 0 Å². The van der Waals surface area contributed by atoms with Gasteiger partial charge in [0.15, 0.2) is 0 Å². The molecule has 1 amide bonds. The van der Waals surface area contributed by atoms with Gasteiger partial charge in [-0.3, -0.25) is 4.79 Å². The molecular formula is C13H17BrN2O. The van der Waals surface area contributed by atoms with Crippen LogP contribution in [0, 0.1) is 0 Å². The zero-order valence-corrected chi connectivity index (χ0v) is 11.5. The Morgan fingerprint density at radius 1 is 1.41 bits per heavy atom. The summed E-state index contributed by atoms with van der Waals surface area (Å²) in [7, 11) is 0. The van der Waals surface area contributed by atoms with Gasteiger partial charge < -0.3 is 10.6 Å². The van der Waals surface area contributed by atoms with Crippen molar-refractivity contribution in [3.05, 3.63) is 34.3 Å². The molecule has 0 aliphatic heterocycles. The number of rotatable bonds is 5. The Morgan fingerprint density at radius 2 is 2.06 bits per heavy atom. The molecule has 0 aromatic heterocycles. The monoisotopic (exact) mass is 296 g/mol. The topological polar surface area (TPSA) is 41.1 Å². The highest BCUT2D eigenvalue weighted by atomic mass is 79.9. The SMILES string of the molecule is C[C@@H](NC(=O)CNC1CC1)c1ccc(Br)cc1. The van der Waals surface area contributed by atoms with E-state index in [4.69, 9.17) is 0 Å². The highest BCUT2D eigenvalue weighted by molar-refractivity contribution is 9.10. The smallest absolute Gasteiger partial charge is 0.234 e. The first-order valence-corrected chi connectivity index (χ1v) is 6.72. The second kappa shape index (κ2) is 5.65. The van der Waals surface area contributed by atoms with Crippen molar-refractivity contribution in [3.63, 3.8) is 0 Å². The van der Waals surface area contributed by atoms with Crippen LogP contribution in [0.1, 0.15) is 31.4 Å². The lowest BCUT2D eigenvalue weighted by Crippen LogP contribution is -2.36. The van der Waals surface area contributed by atoms with Crippen LogP contribution in [0.15, 0.2) is 28.7 Å². The number of nitrogens with one attached hydrogen (secondary N) is 2. The molecule has 92 valence electrons. The van der Waals surface area contributed by atoms with Gasteiger partial charge in [-0.25, -0.2) is 0 Å². The number of hydrogen-bond acceptors (Lipinski definition) is 2. The standard InChI is InChI=1S/C13H17BrN2O/c1-9(10-2-4-11(14)5-3-10)16-13(17)8-15-12-6-7-12/h2-5,9,12,15H,6-8H2,1H3,(H,16,17)/t9-/m1/s1. The van der Waals surface area contributed by atoms with Gasteiger partial charge in [-0.15, -0.1) is 0 Å². The van der Waals surface area contributed by atoms with Crippen LogP contribution in [-0.4, -0.2) is 18.5 Å². The molecular weight excluding hydrogens is 280 g/mol. The van der Waals surface area contributed by atoms with Crippen LogP contribution >= 0.6 is 15.9 Å². The molecule has 0 spiro atoms. The fourth-order valence-electron chi connectivity index (χ4n) is 1.65. The summed E-state index contributed by atoms with van der Waals surface area (Å²) in [4.78, 5) is 11.6. The molecule has 0 saturated heterocycles. The number of hydrogen-bond donors (Lipinski definition) is 2. The molecule has 3 nitrogen and oxygen atoms in total. The number of halogens is 1. The minimum Gasteiger partial charge on any atom is -0.348 e. The molecule has 4 heteroatoms. The highest BCUT2D eigenvalue weighted by Gasteiger charge is 2.21. The summed E-state index contributed by atoms with van der Waals surface area (Å²) in [6.07, 6.45) is 2.41. The molecule has 0 radical (unpaired) electrons. The maximum Gasteiger partial charge on any atom is 0.234 e. The van der Waals surface area contributed by atoms with Crippen LogP contribution in [0.25, 0.3) is 0 Å². The van der Waals surface area contributed by atoms with E-state index in [2.05, 4.69) is 26.6 Å². The molecule has 1 aromatic rings. The van der Waals surface area contributed by atoms with Crippen LogP contribution in [-0.2, 0) is 4.79 Å². The van der Waals surface area contributed by atoms with E-state index in [-0.39, 0.29) is 11.9 Å². The van der Waals surface area contributed by atoms with Gasteiger partial charge >= 0.3 is 0 Å². The molecule has 1 aliphatic rings. The lowest BCUT2D eigenvalue weighted by Gasteiger charge is -2.14. The Labute approximate surface area is 110 Å². The van der Waals surface area contributed by atoms with E-state index in [0.29, 0.717) is 12.6 Å². The van der Waals surface area contributed by atoms with E-state index in [1.807, 2.05) is 31.2 Å². The Balaban J connectivity index is 1.80. The van der Waals surface area contributed by atoms with Gasteiger partial charge in [-0.05, 0) is 37.5 Å². The normalized spacial score (nSPS) is 16.6. The van der Waals surface area contributed by atoms with Gasteiger partial charge in [0.25, 0.3) is 0 Å². The fraction of sp³-hybridized carbons (Fsp3) is 0.462. The van der Waals surface area contributed by atoms with Crippen molar-refractivity contribution < 1.29 is 4.79 Å². The Kier molecular flexibility index (Phi) is 4.18. The Morgan fingerprint density at radius 3 is 2.65 bits per heavy atom. The average Bonchev–Trinajstić information content (AvgIpc) is 3.11. The van der Waals surface area contributed by atoms with E-state index < -0.39 is 0 Å². The minimum absolute atomic E-state index is 0.0524. The van der Waals surface area contributed by atoms with Gasteiger partial charge in [0.05, 0.1) is 12.6 Å². The summed E-state index contributed by atoms with van der Waals surface area (Å²) in [6, 6.07) is 8.63. The second-order valence-corrected chi connectivity index (χ2v) is 5.41. The van der Waals surface area contributed by atoms with Crippen molar-refractivity contribution in [3.8, 4) is 0 Å². The van der Waals surface area contributed by atoms with Gasteiger partial charge in [0, 0.05) is 10.5 Å². The third kappa shape index (κ3) is 4.13. The van der Waals surface area contributed by atoms with Crippen LogP contribution < -0.4 is 10.6 Å². The van der Waals surface area contributed by atoms with Crippen molar-refractivity contribution in [2.45, 2.75) is 31.8 Å². The van der Waals surface area contributed by atoms with Crippen LogP contribution in [0.3, 0.4) is 0 Å². The zero-order valence-electron chi connectivity index (χ0n) is 9.87. The van der Waals surface area contributed by atoms with Crippen molar-refractivity contribution in [2.24, 2.45) is 0 Å². The first kappa shape index (κ1) is 12.6. The molecule has 1 saturated carbocycles. The fourth-order valence-corrected chi connectivity index (χ4v) is 1.92. The zero-order chi connectivity index (χ0) is 12.3. The largest absolute Gasteiger partial charge is 0.348 e. The third-order valence-corrected chi connectivity index (χ3v) is 3.40. The molecule has 0 bridgehead atoms. The van der Waals surface area contributed by atoms with Gasteiger partial charge in [0.2, 0.25) is 5.91 Å². The van der Waals surface area contributed by atoms with Crippen LogP contribution in [0.5, 0.6) is 0 Å². The van der Waals surface area contributed by atoms with Crippen molar-refractivity contribution in [1.29, 1.82) is 0 Å². The first-order chi connectivity index (χ1) is 8.15. The van der Waals surface area contributed by atoms with E-state index in [0.717, 1.165) is 10.0 Å². The summed E-state index contributed by atoms with van der Waals surface area (Å²) >= 11 is 3.40. The maximum atomic E-state index is 11.6. The number of carbonyl (C=O) groups excluding carboxylic acids is 1. The van der Waals surface area contributed by atoms with Crippen LogP contribution in [0.2, 0.25) is 0 Å². The Bertz CT molecular complexity index is 387. The number of carbonyl (C=O) groups is 1. The quantitative estimate of drug-likeness (QED) is 0.876. The van der Waals surface area contributed by atoms with Crippen molar-refractivity contribution in [1.82, 2.24) is 10.6 Å². The molecule has 1 aromatic carbocycles. The second-order valence-electron chi connectivity index (χ2n) is 4.50. The summed E-state index contributed by atoms with van der Waals surface area (Å²) < 4.78 is 1.05. The Hall–Kier alpha value is -0.870. The molecule has 1 fully saturated rings. The molecule has 2 N–H and O–H groups in total. The maximum absolute atomic E-state index is 11.6. The average molecular weight is 297 g/mol. The summed E-state index contributed by atoms with van der Waals surface area (Å²) in [5.74, 6) is 0.0623. The highest BCUT2D eigenvalue weighted by Crippen LogP contribution is 2.18. The molecule has 0 heterocycles. The summed E-state index contributed by atoms with van der Waals surface area (Å²) in [6.45, 7) is 2.42. The summed E-state index contributed by atoms with van der Waals surface area (Å²) in [5, 5.41) is 6.18. The minimum atomic E-state index is 0.0524. The van der Waals surface area contributed by atoms with Gasteiger partial charge in [-0.1, -0.05) is 28.1 Å². The number of amides is 1. The molecule has 1 atom stereocenters. The van der Waals surface area contributed by atoms with E-state index in [9.17, 15) is 4.79 Å². The third-order valence-electron chi connectivity index (χ3n) is 2.88. The van der Waals surface area contributed by atoms with E-state index in [1.165, 1.54) is 12.8 Å². The predicted octanol–water partition coefficient (Wildman–Crippen LogP) is 2.38. The van der Waals surface area contributed by atoms with Crippen molar-refractivity contribution >= 4 is 21.8 Å². The van der Waals surface area contributed by atoms with E-state index in [1.54, 1.807) is 0 Å². The lowest BCUT2D eigenvalue weighted by molar-refractivity contribution is -0.120.